The summed E-state index contributed by atoms with van der Waals surface area (Å²) in [5.41, 5.74) is 4.98. The van der Waals surface area contributed by atoms with E-state index < -0.39 is 5.82 Å². The van der Waals surface area contributed by atoms with Gasteiger partial charge in [-0.25, -0.2) is 9.37 Å². The number of anilines is 1. The number of hydrazone groups is 1. The Kier molecular flexibility index (Phi) is 5.63. The fraction of sp³-hybridized carbons (Fsp3) is 0.111. The summed E-state index contributed by atoms with van der Waals surface area (Å²) in [4.78, 5) is 4.45. The fourth-order valence-corrected chi connectivity index (χ4v) is 3.02. The first-order valence-corrected chi connectivity index (χ1v) is 8.85. The summed E-state index contributed by atoms with van der Waals surface area (Å²) in [5.74, 6) is -0.502. The summed E-state index contributed by atoms with van der Waals surface area (Å²) < 4.78 is 19.6. The first kappa shape index (κ1) is 17.4. The number of hydrogen-bond acceptors (Lipinski definition) is 5. The normalized spacial score (nSPS) is 11.0. The van der Waals surface area contributed by atoms with Crippen LogP contribution >= 0.6 is 22.9 Å². The number of thiazole rings is 1. The molecule has 25 heavy (non-hydrogen) atoms. The van der Waals surface area contributed by atoms with Gasteiger partial charge in [-0.2, -0.15) is 5.10 Å². The van der Waals surface area contributed by atoms with Crippen LogP contribution in [0.25, 0.3) is 11.3 Å². The molecule has 0 fully saturated rings. The van der Waals surface area contributed by atoms with E-state index in [2.05, 4.69) is 15.5 Å². The predicted octanol–water partition coefficient (Wildman–Crippen LogP) is 5.45. The molecule has 0 atom stereocenters. The molecule has 0 bridgehead atoms. The van der Waals surface area contributed by atoms with Gasteiger partial charge in [0.25, 0.3) is 0 Å². The maximum atomic E-state index is 14.3. The monoisotopic (exact) mass is 375 g/mol. The zero-order chi connectivity index (χ0) is 17.6. The van der Waals surface area contributed by atoms with E-state index in [0.717, 1.165) is 11.3 Å². The third-order valence-corrected chi connectivity index (χ3v) is 4.35. The minimum absolute atomic E-state index is 0.0359. The molecular formula is C18H15ClFN3OS. The molecule has 0 saturated carbocycles. The second-order valence-corrected chi connectivity index (χ2v) is 6.25. The highest BCUT2D eigenvalue weighted by Gasteiger charge is 2.12. The van der Waals surface area contributed by atoms with Gasteiger partial charge in [0.15, 0.2) is 11.6 Å². The number of hydrogen-bond donors (Lipinski definition) is 1. The van der Waals surface area contributed by atoms with Crippen molar-refractivity contribution in [2.75, 3.05) is 12.0 Å². The Hall–Kier alpha value is -2.44. The van der Waals surface area contributed by atoms with E-state index in [9.17, 15) is 4.39 Å². The van der Waals surface area contributed by atoms with Gasteiger partial charge in [-0.1, -0.05) is 41.9 Å². The Morgan fingerprint density at radius 1 is 1.28 bits per heavy atom. The summed E-state index contributed by atoms with van der Waals surface area (Å²) in [6.07, 6.45) is 1.37. The number of nitrogens with one attached hydrogen (secondary N) is 1. The first-order chi connectivity index (χ1) is 12.2. The van der Waals surface area contributed by atoms with E-state index in [4.69, 9.17) is 16.3 Å². The minimum Gasteiger partial charge on any atom is -0.489 e. The Morgan fingerprint density at radius 3 is 2.84 bits per heavy atom. The molecule has 1 N–H and O–H groups in total. The van der Waals surface area contributed by atoms with Gasteiger partial charge in [0.05, 0.1) is 23.5 Å². The van der Waals surface area contributed by atoms with E-state index in [1.165, 1.54) is 17.6 Å². The molecule has 1 heterocycles. The van der Waals surface area contributed by atoms with Crippen LogP contribution in [-0.4, -0.2) is 17.8 Å². The molecule has 0 spiro atoms. The average Bonchev–Trinajstić information content (AvgIpc) is 3.10. The Morgan fingerprint density at radius 2 is 2.08 bits per heavy atom. The van der Waals surface area contributed by atoms with Gasteiger partial charge in [-0.15, -0.1) is 11.3 Å². The summed E-state index contributed by atoms with van der Waals surface area (Å²) in [6, 6.07) is 13.0. The lowest BCUT2D eigenvalue weighted by Gasteiger charge is -2.08. The highest BCUT2D eigenvalue weighted by molar-refractivity contribution is 7.14. The van der Waals surface area contributed by atoms with Crippen molar-refractivity contribution in [3.63, 3.8) is 0 Å². The standard InChI is InChI=1S/C18H15ClFN3OS/c1-2-24-17-14(19)9-8-13(16(17)20)10-21-23-18-22-15(11-25-18)12-6-4-3-5-7-12/h3-11H,2H2,1H3,(H,22,23). The fourth-order valence-electron chi connectivity index (χ4n) is 2.15. The number of benzene rings is 2. The maximum absolute atomic E-state index is 14.3. The highest BCUT2D eigenvalue weighted by atomic mass is 35.5. The van der Waals surface area contributed by atoms with Crippen LogP contribution in [0.1, 0.15) is 12.5 Å². The van der Waals surface area contributed by atoms with Crippen molar-refractivity contribution in [1.82, 2.24) is 4.98 Å². The summed E-state index contributed by atoms with van der Waals surface area (Å²) in [6.45, 7) is 2.10. The van der Waals surface area contributed by atoms with Crippen LogP contribution in [0.2, 0.25) is 5.02 Å². The number of aromatic nitrogens is 1. The van der Waals surface area contributed by atoms with E-state index in [1.807, 2.05) is 35.7 Å². The average molecular weight is 376 g/mol. The molecule has 4 nitrogen and oxygen atoms in total. The van der Waals surface area contributed by atoms with Crippen LogP contribution in [-0.2, 0) is 0 Å². The van der Waals surface area contributed by atoms with Crippen LogP contribution < -0.4 is 10.2 Å². The van der Waals surface area contributed by atoms with Gasteiger partial charge in [0.2, 0.25) is 5.13 Å². The Bertz CT molecular complexity index is 883. The van der Waals surface area contributed by atoms with E-state index in [0.29, 0.717) is 11.7 Å². The lowest BCUT2D eigenvalue weighted by molar-refractivity contribution is 0.321. The molecule has 0 unspecified atom stereocenters. The van der Waals surface area contributed by atoms with Crippen molar-refractivity contribution >= 4 is 34.3 Å². The van der Waals surface area contributed by atoms with Gasteiger partial charge in [-0.05, 0) is 19.1 Å². The van der Waals surface area contributed by atoms with E-state index >= 15 is 0 Å². The zero-order valence-electron chi connectivity index (χ0n) is 13.4. The SMILES string of the molecule is CCOc1c(Cl)ccc(C=NNc2nc(-c3ccccc3)cs2)c1F. The van der Waals surface area contributed by atoms with Gasteiger partial charge in [0, 0.05) is 16.5 Å². The molecular weight excluding hydrogens is 361 g/mol. The van der Waals surface area contributed by atoms with Gasteiger partial charge < -0.3 is 4.74 Å². The van der Waals surface area contributed by atoms with Crippen molar-refractivity contribution in [2.24, 2.45) is 5.10 Å². The van der Waals surface area contributed by atoms with Crippen LogP contribution in [0.3, 0.4) is 0 Å². The number of ether oxygens (including phenoxy) is 1. The topological polar surface area (TPSA) is 46.5 Å². The lowest BCUT2D eigenvalue weighted by atomic mass is 10.2. The van der Waals surface area contributed by atoms with Crippen LogP contribution in [0.5, 0.6) is 5.75 Å². The second-order valence-electron chi connectivity index (χ2n) is 4.99. The minimum atomic E-state index is -0.538. The van der Waals surface area contributed by atoms with Crippen LogP contribution in [0, 0.1) is 5.82 Å². The molecule has 3 rings (SSSR count). The zero-order valence-corrected chi connectivity index (χ0v) is 14.9. The largest absolute Gasteiger partial charge is 0.489 e. The molecule has 1 aromatic heterocycles. The number of rotatable bonds is 6. The van der Waals surface area contributed by atoms with Gasteiger partial charge >= 0.3 is 0 Å². The summed E-state index contributed by atoms with van der Waals surface area (Å²) in [7, 11) is 0. The van der Waals surface area contributed by atoms with Crippen molar-refractivity contribution < 1.29 is 9.13 Å². The second kappa shape index (κ2) is 8.09. The lowest BCUT2D eigenvalue weighted by Crippen LogP contribution is -2.00. The Balaban J connectivity index is 1.72. The molecule has 0 amide bonds. The Labute approximate surface area is 153 Å². The highest BCUT2D eigenvalue weighted by Crippen LogP contribution is 2.29. The third kappa shape index (κ3) is 4.15. The summed E-state index contributed by atoms with van der Waals surface area (Å²) in [5, 5.41) is 6.83. The molecule has 0 aliphatic rings. The van der Waals surface area contributed by atoms with Gasteiger partial charge in [0.1, 0.15) is 0 Å². The molecule has 3 aromatic rings. The van der Waals surface area contributed by atoms with Crippen LogP contribution in [0.15, 0.2) is 52.9 Å². The molecule has 0 saturated heterocycles. The van der Waals surface area contributed by atoms with E-state index in [-0.39, 0.29) is 16.3 Å². The summed E-state index contributed by atoms with van der Waals surface area (Å²) >= 11 is 7.36. The maximum Gasteiger partial charge on any atom is 0.203 e. The molecule has 128 valence electrons. The van der Waals surface area contributed by atoms with Crippen molar-refractivity contribution in [3.05, 3.63) is 64.2 Å². The van der Waals surface area contributed by atoms with Gasteiger partial charge in [-0.3, -0.25) is 5.43 Å². The first-order valence-electron chi connectivity index (χ1n) is 7.60. The van der Waals surface area contributed by atoms with Crippen molar-refractivity contribution in [3.8, 4) is 17.0 Å². The molecule has 0 aliphatic carbocycles. The number of halogens is 2. The number of nitrogens with zero attached hydrogens (tertiary/aromatic N) is 2. The molecule has 7 heteroatoms. The van der Waals surface area contributed by atoms with E-state index in [1.54, 1.807) is 19.1 Å². The van der Waals surface area contributed by atoms with Crippen LogP contribution in [0.4, 0.5) is 9.52 Å². The smallest absolute Gasteiger partial charge is 0.203 e. The van der Waals surface area contributed by atoms with Crippen molar-refractivity contribution in [1.29, 1.82) is 0 Å². The third-order valence-electron chi connectivity index (χ3n) is 3.31. The molecule has 2 aromatic carbocycles. The quantitative estimate of drug-likeness (QED) is 0.460. The molecule has 0 aliphatic heterocycles. The van der Waals surface area contributed by atoms with Crippen molar-refractivity contribution in [2.45, 2.75) is 6.92 Å². The molecule has 0 radical (unpaired) electrons. The predicted molar refractivity (Wildman–Crippen MR) is 101 cm³/mol.